The largest absolute Gasteiger partial charge is 0.353 e. The number of aromatic nitrogens is 2. The van der Waals surface area contributed by atoms with Gasteiger partial charge < -0.3 is 4.90 Å². The van der Waals surface area contributed by atoms with Gasteiger partial charge in [0, 0.05) is 19.8 Å². The summed E-state index contributed by atoms with van der Waals surface area (Å²) in [5.74, 6) is 4.99. The average Bonchev–Trinajstić information content (AvgIpc) is 2.34. The van der Waals surface area contributed by atoms with Crippen LogP contribution in [0.25, 0.3) is 0 Å². The summed E-state index contributed by atoms with van der Waals surface area (Å²) < 4.78 is 22.2. The highest BCUT2D eigenvalue weighted by Gasteiger charge is 2.21. The van der Waals surface area contributed by atoms with Crippen molar-refractivity contribution in [3.05, 3.63) is 16.3 Å². The molecule has 1 aromatic heterocycles. The van der Waals surface area contributed by atoms with E-state index in [9.17, 15) is 18.5 Å². The molecule has 0 saturated heterocycles. The molecular weight excluding hydrogens is 276 g/mol. The van der Waals surface area contributed by atoms with Crippen LogP contribution in [-0.4, -0.2) is 48.9 Å². The summed E-state index contributed by atoms with van der Waals surface area (Å²) in [6, 6.07) is 0. The lowest BCUT2D eigenvalue weighted by Gasteiger charge is -2.17. The number of hydrogen-bond donors (Lipinski definition) is 2. The summed E-state index contributed by atoms with van der Waals surface area (Å²) in [5, 5.41) is 10.9. The topological polar surface area (TPSA) is 144 Å². The Morgan fingerprint density at radius 3 is 2.68 bits per heavy atom. The zero-order chi connectivity index (χ0) is 14.6. The number of hydrogen-bond acceptors (Lipinski definition) is 9. The minimum Gasteiger partial charge on any atom is -0.353 e. The molecule has 0 aliphatic rings. The number of nitrogens with zero attached hydrogens (tertiary/aromatic N) is 4. The molecule has 0 atom stereocenters. The van der Waals surface area contributed by atoms with E-state index in [0.717, 1.165) is 12.5 Å². The van der Waals surface area contributed by atoms with Gasteiger partial charge in [0.25, 0.3) is 0 Å². The third-order valence-electron chi connectivity index (χ3n) is 2.23. The summed E-state index contributed by atoms with van der Waals surface area (Å²) >= 11 is 0. The summed E-state index contributed by atoms with van der Waals surface area (Å²) in [4.78, 5) is 19.1. The molecule has 1 rings (SSSR count). The maximum Gasteiger partial charge on any atom is 0.329 e. The minimum atomic E-state index is -3.17. The van der Waals surface area contributed by atoms with Crippen LogP contribution in [0.4, 0.5) is 17.5 Å². The molecule has 0 unspecified atom stereocenters. The van der Waals surface area contributed by atoms with Crippen LogP contribution in [0.5, 0.6) is 0 Å². The van der Waals surface area contributed by atoms with Crippen molar-refractivity contribution in [2.24, 2.45) is 5.84 Å². The molecule has 1 heterocycles. The van der Waals surface area contributed by atoms with E-state index < -0.39 is 14.8 Å². The highest BCUT2D eigenvalue weighted by Crippen LogP contribution is 2.24. The number of nitrogens with two attached hydrogens (primary N) is 1. The fourth-order valence-corrected chi connectivity index (χ4v) is 1.86. The predicted molar refractivity (Wildman–Crippen MR) is 69.5 cm³/mol. The monoisotopic (exact) mass is 290 g/mol. The smallest absolute Gasteiger partial charge is 0.329 e. The van der Waals surface area contributed by atoms with Crippen molar-refractivity contribution in [3.8, 4) is 0 Å². The quantitative estimate of drug-likeness (QED) is 0.388. The zero-order valence-electron chi connectivity index (χ0n) is 10.4. The van der Waals surface area contributed by atoms with Gasteiger partial charge in [-0.3, -0.25) is 15.5 Å². The van der Waals surface area contributed by atoms with E-state index in [0.29, 0.717) is 0 Å². The molecule has 0 aliphatic carbocycles. The Kier molecular flexibility index (Phi) is 4.56. The van der Waals surface area contributed by atoms with Gasteiger partial charge in [-0.2, -0.15) is 4.98 Å². The van der Waals surface area contributed by atoms with Gasteiger partial charge in [-0.25, -0.2) is 19.2 Å². The minimum absolute atomic E-state index is 0.00315. The van der Waals surface area contributed by atoms with Crippen LogP contribution >= 0.6 is 0 Å². The Bertz CT molecular complexity index is 575. The van der Waals surface area contributed by atoms with Crippen molar-refractivity contribution in [3.63, 3.8) is 0 Å². The van der Waals surface area contributed by atoms with E-state index in [1.54, 1.807) is 0 Å². The van der Waals surface area contributed by atoms with E-state index in [2.05, 4.69) is 15.4 Å². The Hall–Kier alpha value is -2.01. The second-order valence-electron chi connectivity index (χ2n) is 3.86. The third-order valence-corrected chi connectivity index (χ3v) is 3.16. The van der Waals surface area contributed by atoms with Crippen LogP contribution in [0.2, 0.25) is 0 Å². The molecule has 11 heteroatoms. The standard InChI is InChI=1S/C8H14N6O4S/c1-13(3-4-19(2,17)18)7-6(14(15)16)5-10-8(11-7)12-9/h5H,3-4,9H2,1-2H3,(H,10,11,12). The fraction of sp³-hybridized carbons (Fsp3) is 0.500. The van der Waals surface area contributed by atoms with Crippen LogP contribution in [0, 0.1) is 10.1 Å². The van der Waals surface area contributed by atoms with Gasteiger partial charge in [0.2, 0.25) is 11.8 Å². The summed E-state index contributed by atoms with van der Waals surface area (Å²) in [7, 11) is -1.67. The first kappa shape index (κ1) is 15.0. The van der Waals surface area contributed by atoms with Gasteiger partial charge in [-0.05, 0) is 0 Å². The third kappa shape index (κ3) is 4.30. The van der Waals surface area contributed by atoms with E-state index in [1.165, 1.54) is 11.9 Å². The van der Waals surface area contributed by atoms with Crippen LogP contribution < -0.4 is 16.2 Å². The first-order valence-electron chi connectivity index (χ1n) is 5.11. The lowest BCUT2D eigenvalue weighted by molar-refractivity contribution is -0.384. The van der Waals surface area contributed by atoms with Gasteiger partial charge in [0.1, 0.15) is 16.0 Å². The average molecular weight is 290 g/mol. The number of hydrazine groups is 1. The molecular formula is C8H14N6O4S. The molecule has 0 radical (unpaired) electrons. The molecule has 0 bridgehead atoms. The maximum atomic E-state index is 11.1. The Balaban J connectivity index is 3.05. The number of anilines is 2. The number of nitro groups is 1. The SMILES string of the molecule is CN(CCS(C)(=O)=O)c1nc(NN)ncc1[N+](=O)[O-]. The van der Waals surface area contributed by atoms with Crippen molar-refractivity contribution in [2.75, 3.05) is 35.9 Å². The highest BCUT2D eigenvalue weighted by molar-refractivity contribution is 7.90. The van der Waals surface area contributed by atoms with Crippen molar-refractivity contribution in [1.29, 1.82) is 0 Å². The predicted octanol–water partition coefficient (Wildman–Crippen LogP) is -0.849. The highest BCUT2D eigenvalue weighted by atomic mass is 32.2. The Labute approximate surface area is 109 Å². The molecule has 0 aromatic carbocycles. The molecule has 0 amide bonds. The van der Waals surface area contributed by atoms with Crippen molar-refractivity contribution >= 4 is 27.3 Å². The summed E-state index contributed by atoms with van der Waals surface area (Å²) in [6.07, 6.45) is 2.09. The number of rotatable bonds is 6. The molecule has 3 N–H and O–H groups in total. The maximum absolute atomic E-state index is 11.1. The van der Waals surface area contributed by atoms with E-state index >= 15 is 0 Å². The van der Waals surface area contributed by atoms with Gasteiger partial charge in [-0.1, -0.05) is 0 Å². The van der Waals surface area contributed by atoms with Gasteiger partial charge in [0.15, 0.2) is 0 Å². The number of nitrogens with one attached hydrogen (secondary N) is 1. The molecule has 0 spiro atoms. The summed E-state index contributed by atoms with van der Waals surface area (Å²) in [5.41, 5.74) is 1.85. The molecule has 0 aliphatic heterocycles. The van der Waals surface area contributed by atoms with E-state index in [1.807, 2.05) is 0 Å². The first-order valence-corrected chi connectivity index (χ1v) is 7.17. The van der Waals surface area contributed by atoms with Gasteiger partial charge in [0.05, 0.1) is 10.7 Å². The molecule has 0 fully saturated rings. The van der Waals surface area contributed by atoms with Crippen molar-refractivity contribution < 1.29 is 13.3 Å². The van der Waals surface area contributed by atoms with Crippen LogP contribution in [0.15, 0.2) is 6.20 Å². The van der Waals surface area contributed by atoms with Crippen molar-refractivity contribution in [2.45, 2.75) is 0 Å². The molecule has 1 aromatic rings. The first-order chi connectivity index (χ1) is 8.74. The number of sulfone groups is 1. The van der Waals surface area contributed by atoms with E-state index in [4.69, 9.17) is 5.84 Å². The molecule has 10 nitrogen and oxygen atoms in total. The Morgan fingerprint density at radius 2 is 2.21 bits per heavy atom. The number of nitrogen functional groups attached to an aromatic ring is 1. The fourth-order valence-electron chi connectivity index (χ4n) is 1.25. The normalized spacial score (nSPS) is 11.1. The lowest BCUT2D eigenvalue weighted by atomic mass is 10.4. The van der Waals surface area contributed by atoms with Gasteiger partial charge in [-0.15, -0.1) is 0 Å². The molecule has 0 saturated carbocycles. The molecule has 19 heavy (non-hydrogen) atoms. The van der Waals surface area contributed by atoms with Crippen LogP contribution in [-0.2, 0) is 9.84 Å². The second kappa shape index (κ2) is 5.75. The Morgan fingerprint density at radius 1 is 1.58 bits per heavy atom. The van der Waals surface area contributed by atoms with Crippen LogP contribution in [0.3, 0.4) is 0 Å². The molecule has 106 valence electrons. The zero-order valence-corrected chi connectivity index (χ0v) is 11.2. The van der Waals surface area contributed by atoms with E-state index in [-0.39, 0.29) is 29.8 Å². The summed E-state index contributed by atoms with van der Waals surface area (Å²) in [6.45, 7) is 0.0701. The lowest BCUT2D eigenvalue weighted by Crippen LogP contribution is -2.27. The second-order valence-corrected chi connectivity index (χ2v) is 6.12. The van der Waals surface area contributed by atoms with Crippen LogP contribution in [0.1, 0.15) is 0 Å². The van der Waals surface area contributed by atoms with Crippen molar-refractivity contribution in [1.82, 2.24) is 9.97 Å². The van der Waals surface area contributed by atoms with Gasteiger partial charge >= 0.3 is 5.69 Å².